The van der Waals surface area contributed by atoms with E-state index < -0.39 is 0 Å². The highest BCUT2D eigenvalue weighted by molar-refractivity contribution is 5.86. The summed E-state index contributed by atoms with van der Waals surface area (Å²) >= 11 is 0. The standard InChI is InChI=1S/C13H21NO3/c1-11(2)13(16)17-10-5-3-4-8-14-9-6-7-12(14)15/h1,3-10H2,2H3. The Kier molecular flexibility index (Phi) is 5.73. The molecule has 0 saturated carbocycles. The maximum absolute atomic E-state index is 11.3. The largest absolute Gasteiger partial charge is 0.462 e. The minimum atomic E-state index is -0.320. The summed E-state index contributed by atoms with van der Waals surface area (Å²) in [4.78, 5) is 24.3. The molecule has 0 aliphatic carbocycles. The summed E-state index contributed by atoms with van der Waals surface area (Å²) in [7, 11) is 0. The van der Waals surface area contributed by atoms with Gasteiger partial charge in [0.05, 0.1) is 6.61 Å². The lowest BCUT2D eigenvalue weighted by Crippen LogP contribution is -2.25. The number of amides is 1. The SMILES string of the molecule is C=C(C)C(=O)OCCCCCN1CCCC1=O. The lowest BCUT2D eigenvalue weighted by atomic mass is 10.2. The highest BCUT2D eigenvalue weighted by Gasteiger charge is 2.18. The minimum Gasteiger partial charge on any atom is -0.462 e. The summed E-state index contributed by atoms with van der Waals surface area (Å²) in [5, 5.41) is 0. The predicted octanol–water partition coefficient (Wildman–Crippen LogP) is 1.90. The maximum Gasteiger partial charge on any atom is 0.333 e. The molecule has 1 aliphatic heterocycles. The molecule has 0 bridgehead atoms. The van der Waals surface area contributed by atoms with E-state index in [1.165, 1.54) is 0 Å². The van der Waals surface area contributed by atoms with Crippen molar-refractivity contribution in [3.8, 4) is 0 Å². The topological polar surface area (TPSA) is 46.6 Å². The number of hydrogen-bond donors (Lipinski definition) is 0. The third kappa shape index (κ3) is 5.02. The molecule has 0 radical (unpaired) electrons. The average Bonchev–Trinajstić information content (AvgIpc) is 2.68. The van der Waals surface area contributed by atoms with Gasteiger partial charge in [-0.15, -0.1) is 0 Å². The molecule has 0 aromatic heterocycles. The molecule has 1 rings (SSSR count). The zero-order valence-electron chi connectivity index (χ0n) is 10.5. The van der Waals surface area contributed by atoms with Gasteiger partial charge >= 0.3 is 5.97 Å². The molecule has 1 aliphatic rings. The van der Waals surface area contributed by atoms with Crippen LogP contribution in [0.5, 0.6) is 0 Å². The van der Waals surface area contributed by atoms with Gasteiger partial charge in [-0.05, 0) is 32.6 Å². The quantitative estimate of drug-likeness (QED) is 0.387. The Morgan fingerprint density at radius 3 is 2.76 bits per heavy atom. The van der Waals surface area contributed by atoms with Crippen LogP contribution in [0.15, 0.2) is 12.2 Å². The van der Waals surface area contributed by atoms with E-state index >= 15 is 0 Å². The Balaban J connectivity index is 1.96. The molecule has 1 heterocycles. The van der Waals surface area contributed by atoms with Gasteiger partial charge in [-0.2, -0.15) is 0 Å². The van der Waals surface area contributed by atoms with Gasteiger partial charge in [0.2, 0.25) is 5.91 Å². The molecule has 0 aromatic rings. The van der Waals surface area contributed by atoms with Crippen molar-refractivity contribution in [3.05, 3.63) is 12.2 Å². The number of unbranched alkanes of at least 4 members (excludes halogenated alkanes) is 2. The normalized spacial score (nSPS) is 15.1. The summed E-state index contributed by atoms with van der Waals surface area (Å²) < 4.78 is 4.98. The highest BCUT2D eigenvalue weighted by Crippen LogP contribution is 2.10. The first kappa shape index (κ1) is 13.7. The molecule has 17 heavy (non-hydrogen) atoms. The number of carbonyl (C=O) groups is 2. The van der Waals surface area contributed by atoms with Crippen LogP contribution in [0.4, 0.5) is 0 Å². The van der Waals surface area contributed by atoms with Crippen molar-refractivity contribution in [2.45, 2.75) is 39.0 Å². The molecule has 0 spiro atoms. The Bertz CT molecular complexity index is 299. The van der Waals surface area contributed by atoms with Crippen LogP contribution in [0.3, 0.4) is 0 Å². The minimum absolute atomic E-state index is 0.277. The third-order valence-electron chi connectivity index (χ3n) is 2.83. The number of rotatable bonds is 7. The molecular weight excluding hydrogens is 218 g/mol. The second-order valence-corrected chi connectivity index (χ2v) is 4.46. The molecule has 1 fully saturated rings. The molecule has 4 heteroatoms. The first-order valence-electron chi connectivity index (χ1n) is 6.21. The summed E-state index contributed by atoms with van der Waals surface area (Å²) in [6, 6.07) is 0. The van der Waals surface area contributed by atoms with E-state index in [0.717, 1.165) is 38.8 Å². The van der Waals surface area contributed by atoms with Gasteiger partial charge in [0.15, 0.2) is 0 Å². The molecule has 0 atom stereocenters. The molecule has 1 saturated heterocycles. The van der Waals surface area contributed by atoms with E-state index in [1.54, 1.807) is 6.92 Å². The zero-order chi connectivity index (χ0) is 12.7. The fourth-order valence-corrected chi connectivity index (χ4v) is 1.81. The Morgan fingerprint density at radius 1 is 1.41 bits per heavy atom. The Hall–Kier alpha value is -1.32. The molecule has 4 nitrogen and oxygen atoms in total. The number of nitrogens with zero attached hydrogens (tertiary/aromatic N) is 1. The number of likely N-dealkylation sites (tertiary alicyclic amines) is 1. The van der Waals surface area contributed by atoms with Crippen LogP contribution >= 0.6 is 0 Å². The molecule has 1 amide bonds. The zero-order valence-corrected chi connectivity index (χ0v) is 10.5. The molecule has 0 N–H and O–H groups in total. The van der Waals surface area contributed by atoms with Crippen molar-refractivity contribution in [2.24, 2.45) is 0 Å². The van der Waals surface area contributed by atoms with Crippen LogP contribution in [-0.4, -0.2) is 36.5 Å². The lowest BCUT2D eigenvalue weighted by Gasteiger charge is -2.14. The predicted molar refractivity (Wildman–Crippen MR) is 65.4 cm³/mol. The van der Waals surface area contributed by atoms with E-state index in [1.807, 2.05) is 4.90 Å². The van der Waals surface area contributed by atoms with Gasteiger partial charge in [-0.3, -0.25) is 4.79 Å². The highest BCUT2D eigenvalue weighted by atomic mass is 16.5. The van der Waals surface area contributed by atoms with Gasteiger partial charge in [-0.25, -0.2) is 4.79 Å². The van der Waals surface area contributed by atoms with Crippen molar-refractivity contribution in [1.82, 2.24) is 4.90 Å². The smallest absolute Gasteiger partial charge is 0.333 e. The van der Waals surface area contributed by atoms with Crippen LogP contribution in [0.1, 0.15) is 39.0 Å². The van der Waals surface area contributed by atoms with Gasteiger partial charge in [0.1, 0.15) is 0 Å². The van der Waals surface area contributed by atoms with Gasteiger partial charge in [0.25, 0.3) is 0 Å². The van der Waals surface area contributed by atoms with Crippen molar-refractivity contribution in [1.29, 1.82) is 0 Å². The van der Waals surface area contributed by atoms with Crippen molar-refractivity contribution in [2.75, 3.05) is 19.7 Å². The van der Waals surface area contributed by atoms with Crippen molar-refractivity contribution >= 4 is 11.9 Å². The third-order valence-corrected chi connectivity index (χ3v) is 2.83. The van der Waals surface area contributed by atoms with E-state index in [-0.39, 0.29) is 11.9 Å². The van der Waals surface area contributed by atoms with Crippen LogP contribution in [0, 0.1) is 0 Å². The van der Waals surface area contributed by atoms with Gasteiger partial charge in [-0.1, -0.05) is 6.58 Å². The lowest BCUT2D eigenvalue weighted by molar-refractivity contribution is -0.139. The molecule has 0 aromatic carbocycles. The van der Waals surface area contributed by atoms with Crippen molar-refractivity contribution < 1.29 is 14.3 Å². The number of hydrogen-bond acceptors (Lipinski definition) is 3. The van der Waals surface area contributed by atoms with Crippen molar-refractivity contribution in [3.63, 3.8) is 0 Å². The molecule has 96 valence electrons. The first-order valence-corrected chi connectivity index (χ1v) is 6.21. The number of esters is 1. The van der Waals surface area contributed by atoms with Gasteiger partial charge < -0.3 is 9.64 Å². The number of carbonyl (C=O) groups excluding carboxylic acids is 2. The van der Waals surface area contributed by atoms with E-state index in [2.05, 4.69) is 6.58 Å². The fraction of sp³-hybridized carbons (Fsp3) is 0.692. The Labute approximate surface area is 103 Å². The monoisotopic (exact) mass is 239 g/mol. The average molecular weight is 239 g/mol. The van der Waals surface area contributed by atoms with E-state index in [4.69, 9.17) is 4.74 Å². The molecule has 0 unspecified atom stereocenters. The van der Waals surface area contributed by atoms with E-state index in [9.17, 15) is 9.59 Å². The van der Waals surface area contributed by atoms with Crippen LogP contribution in [0.25, 0.3) is 0 Å². The number of ether oxygens (including phenoxy) is 1. The fourth-order valence-electron chi connectivity index (χ4n) is 1.81. The second-order valence-electron chi connectivity index (χ2n) is 4.46. The van der Waals surface area contributed by atoms with Crippen LogP contribution < -0.4 is 0 Å². The van der Waals surface area contributed by atoms with E-state index in [0.29, 0.717) is 18.6 Å². The summed E-state index contributed by atoms with van der Waals surface area (Å²) in [6.45, 7) is 7.34. The van der Waals surface area contributed by atoms with Gasteiger partial charge in [0, 0.05) is 25.1 Å². The van der Waals surface area contributed by atoms with Crippen LogP contribution in [0.2, 0.25) is 0 Å². The summed E-state index contributed by atoms with van der Waals surface area (Å²) in [5.41, 5.74) is 0.438. The first-order chi connectivity index (χ1) is 8.11. The maximum atomic E-state index is 11.3. The summed E-state index contributed by atoms with van der Waals surface area (Å²) in [5.74, 6) is -0.0431. The van der Waals surface area contributed by atoms with Crippen LogP contribution in [-0.2, 0) is 14.3 Å². The summed E-state index contributed by atoms with van der Waals surface area (Å²) in [6.07, 6.45) is 4.51. The molecular formula is C13H21NO3. The second kappa shape index (κ2) is 7.09. The Morgan fingerprint density at radius 2 is 2.18 bits per heavy atom.